The van der Waals surface area contributed by atoms with Crippen molar-refractivity contribution in [2.45, 2.75) is 65.2 Å². The number of nitriles is 1. The summed E-state index contributed by atoms with van der Waals surface area (Å²) in [5.41, 5.74) is 9.12. The molecule has 1 unspecified atom stereocenters. The van der Waals surface area contributed by atoms with E-state index in [0.29, 0.717) is 52.3 Å². The topological polar surface area (TPSA) is 154 Å². The fourth-order valence-electron chi connectivity index (χ4n) is 5.29. The molecule has 2 N–H and O–H groups in total. The largest absolute Gasteiger partial charge is 0.484 e. The Morgan fingerprint density at radius 1 is 1.19 bits per heavy atom. The van der Waals surface area contributed by atoms with Gasteiger partial charge in [0.2, 0.25) is 5.91 Å². The van der Waals surface area contributed by atoms with Crippen LogP contribution in [-0.4, -0.2) is 60.2 Å². The molecule has 0 saturated carbocycles. The minimum atomic E-state index is -0.555. The summed E-state index contributed by atoms with van der Waals surface area (Å²) in [5.74, 6) is -0.140. The maximum atomic E-state index is 12.5. The molecule has 218 valence electrons. The lowest BCUT2D eigenvalue weighted by molar-refractivity contribution is 0.0183. The number of hydrogen-bond acceptors (Lipinski definition) is 8. The van der Waals surface area contributed by atoms with Crippen LogP contribution in [0.5, 0.6) is 5.75 Å². The van der Waals surface area contributed by atoms with Crippen LogP contribution in [0.3, 0.4) is 0 Å². The molecule has 4 aromatic rings. The second-order valence-electron chi connectivity index (χ2n) is 11.4. The van der Waals surface area contributed by atoms with Crippen molar-refractivity contribution in [2.24, 2.45) is 5.73 Å². The standard InChI is InChI=1S/C30H34N8O4/c1-18-26(34-35-38(18)22-10-12-36(13-11-22)29(40)42-30(3,4)5)20-14-25(27-21(15-31)16-33-37(27)17-20)41-19(2)23-8-6-7-9-24(23)28(32)39/h6-9,14,16-17,19,22H,10-13H2,1-5H3,(H2,32,39). The molecule has 1 atom stereocenters. The van der Waals surface area contributed by atoms with Gasteiger partial charge < -0.3 is 20.1 Å². The number of rotatable bonds is 6. The van der Waals surface area contributed by atoms with Crippen LogP contribution < -0.4 is 10.5 Å². The summed E-state index contributed by atoms with van der Waals surface area (Å²) in [6, 6.07) is 11.1. The molecule has 1 aliphatic heterocycles. The van der Waals surface area contributed by atoms with Gasteiger partial charge in [-0.15, -0.1) is 5.10 Å². The van der Waals surface area contributed by atoms with Gasteiger partial charge in [0.25, 0.3) is 0 Å². The molecule has 12 nitrogen and oxygen atoms in total. The summed E-state index contributed by atoms with van der Waals surface area (Å²) >= 11 is 0. The highest BCUT2D eigenvalue weighted by atomic mass is 16.6. The molecule has 0 bridgehead atoms. The summed E-state index contributed by atoms with van der Waals surface area (Å²) in [5, 5.41) is 23.1. The van der Waals surface area contributed by atoms with Crippen molar-refractivity contribution in [3.8, 4) is 23.1 Å². The highest BCUT2D eigenvalue weighted by Gasteiger charge is 2.29. The van der Waals surface area contributed by atoms with E-state index in [1.165, 1.54) is 6.20 Å². The van der Waals surface area contributed by atoms with Crippen LogP contribution in [-0.2, 0) is 4.74 Å². The minimum absolute atomic E-state index is 0.0737. The molecular weight excluding hydrogens is 536 g/mol. The van der Waals surface area contributed by atoms with Crippen LogP contribution >= 0.6 is 0 Å². The number of carbonyl (C=O) groups excluding carboxylic acids is 2. The van der Waals surface area contributed by atoms with E-state index in [2.05, 4.69) is 21.5 Å². The van der Waals surface area contributed by atoms with Crippen molar-refractivity contribution in [3.05, 3.63) is 65.1 Å². The Bertz CT molecular complexity index is 1690. The lowest BCUT2D eigenvalue weighted by Gasteiger charge is -2.33. The smallest absolute Gasteiger partial charge is 0.410 e. The van der Waals surface area contributed by atoms with E-state index in [1.807, 2.05) is 51.4 Å². The highest BCUT2D eigenvalue weighted by Crippen LogP contribution is 2.35. The zero-order valence-corrected chi connectivity index (χ0v) is 24.4. The van der Waals surface area contributed by atoms with Crippen molar-refractivity contribution in [3.63, 3.8) is 0 Å². The van der Waals surface area contributed by atoms with Gasteiger partial charge in [0.05, 0.1) is 17.9 Å². The van der Waals surface area contributed by atoms with Gasteiger partial charge in [0.1, 0.15) is 40.3 Å². The first-order valence-electron chi connectivity index (χ1n) is 13.8. The summed E-state index contributed by atoms with van der Waals surface area (Å²) in [7, 11) is 0. The number of likely N-dealkylation sites (tertiary alicyclic amines) is 1. The van der Waals surface area contributed by atoms with Crippen LogP contribution in [0.25, 0.3) is 16.8 Å². The molecule has 0 spiro atoms. The average Bonchev–Trinajstić information content (AvgIpc) is 3.55. The van der Waals surface area contributed by atoms with Crippen molar-refractivity contribution < 1.29 is 19.1 Å². The molecule has 5 rings (SSSR count). The van der Waals surface area contributed by atoms with Crippen molar-refractivity contribution >= 4 is 17.5 Å². The second kappa shape index (κ2) is 11.2. The fourth-order valence-corrected chi connectivity index (χ4v) is 5.29. The fraction of sp³-hybridized carbons (Fsp3) is 0.400. The van der Waals surface area contributed by atoms with E-state index in [4.69, 9.17) is 15.2 Å². The highest BCUT2D eigenvalue weighted by molar-refractivity contribution is 5.94. The Morgan fingerprint density at radius 2 is 1.90 bits per heavy atom. The lowest BCUT2D eigenvalue weighted by Crippen LogP contribution is -2.42. The normalized spacial score (nSPS) is 14.9. The van der Waals surface area contributed by atoms with Crippen LogP contribution in [0.1, 0.15) is 79.9 Å². The number of piperidine rings is 1. The average molecular weight is 571 g/mol. The molecule has 1 aliphatic rings. The van der Waals surface area contributed by atoms with Gasteiger partial charge >= 0.3 is 6.09 Å². The first-order chi connectivity index (χ1) is 20.0. The van der Waals surface area contributed by atoms with Gasteiger partial charge in [0, 0.05) is 36.0 Å². The minimum Gasteiger partial charge on any atom is -0.484 e. The third-order valence-corrected chi connectivity index (χ3v) is 7.33. The van der Waals surface area contributed by atoms with Gasteiger partial charge in [-0.2, -0.15) is 10.4 Å². The second-order valence-corrected chi connectivity index (χ2v) is 11.4. The Kier molecular flexibility index (Phi) is 7.60. The monoisotopic (exact) mass is 570 g/mol. The predicted molar refractivity (Wildman–Crippen MR) is 154 cm³/mol. The first kappa shape index (κ1) is 28.6. The SMILES string of the molecule is Cc1c(-c2cc(OC(C)c3ccccc3C(N)=O)c3c(C#N)cnn3c2)nnn1C1CCN(C(=O)OC(C)(C)C)CC1. The van der Waals surface area contributed by atoms with Gasteiger partial charge in [-0.3, -0.25) is 4.79 Å². The summed E-state index contributed by atoms with van der Waals surface area (Å²) < 4.78 is 15.4. The molecule has 1 aromatic carbocycles. The Balaban J connectivity index is 1.43. The number of nitrogens with zero attached hydrogens (tertiary/aromatic N) is 7. The van der Waals surface area contributed by atoms with E-state index in [1.54, 1.807) is 33.8 Å². The molecule has 42 heavy (non-hydrogen) atoms. The molecule has 12 heteroatoms. The van der Waals surface area contributed by atoms with Crippen molar-refractivity contribution in [1.29, 1.82) is 5.26 Å². The molecular formula is C30H34N8O4. The van der Waals surface area contributed by atoms with Gasteiger partial charge in [-0.1, -0.05) is 23.4 Å². The van der Waals surface area contributed by atoms with Gasteiger partial charge in [-0.05, 0) is 59.6 Å². The predicted octanol–water partition coefficient (Wildman–Crippen LogP) is 4.58. The number of primary amides is 1. The lowest BCUT2D eigenvalue weighted by atomic mass is 10.0. The number of fused-ring (bicyclic) bond motifs is 1. The number of carbonyl (C=O) groups is 2. The number of aromatic nitrogens is 5. The molecule has 1 saturated heterocycles. The number of ether oxygens (including phenoxy) is 2. The van der Waals surface area contributed by atoms with Crippen LogP contribution in [0, 0.1) is 18.3 Å². The van der Waals surface area contributed by atoms with Crippen molar-refractivity contribution in [2.75, 3.05) is 13.1 Å². The molecule has 2 amide bonds. The maximum Gasteiger partial charge on any atom is 0.410 e. The summed E-state index contributed by atoms with van der Waals surface area (Å²) in [4.78, 5) is 26.3. The summed E-state index contributed by atoms with van der Waals surface area (Å²) in [6.07, 6.45) is 3.85. The molecule has 4 heterocycles. The number of amides is 2. The quantitative estimate of drug-likeness (QED) is 0.353. The molecule has 1 fully saturated rings. The van der Waals surface area contributed by atoms with Gasteiger partial charge in [0.15, 0.2) is 0 Å². The van der Waals surface area contributed by atoms with E-state index in [9.17, 15) is 14.9 Å². The molecule has 3 aromatic heterocycles. The number of hydrogen-bond donors (Lipinski definition) is 1. The van der Waals surface area contributed by atoms with E-state index < -0.39 is 17.6 Å². The summed E-state index contributed by atoms with van der Waals surface area (Å²) in [6.45, 7) is 10.5. The third kappa shape index (κ3) is 5.63. The number of pyridine rings is 1. The van der Waals surface area contributed by atoms with E-state index in [-0.39, 0.29) is 12.1 Å². The Morgan fingerprint density at radius 3 is 2.57 bits per heavy atom. The first-order valence-corrected chi connectivity index (χ1v) is 13.8. The zero-order valence-electron chi connectivity index (χ0n) is 24.4. The number of benzene rings is 1. The zero-order chi connectivity index (χ0) is 30.2. The maximum absolute atomic E-state index is 12.5. The van der Waals surface area contributed by atoms with E-state index in [0.717, 1.165) is 18.5 Å². The number of nitrogens with two attached hydrogens (primary N) is 1. The Labute approximate surface area is 243 Å². The molecule has 0 aliphatic carbocycles. The van der Waals surface area contributed by atoms with Crippen LogP contribution in [0.15, 0.2) is 42.7 Å². The third-order valence-electron chi connectivity index (χ3n) is 7.33. The van der Waals surface area contributed by atoms with E-state index >= 15 is 0 Å². The molecule has 0 radical (unpaired) electrons. The van der Waals surface area contributed by atoms with Crippen LogP contribution in [0.4, 0.5) is 4.79 Å². The van der Waals surface area contributed by atoms with Crippen LogP contribution in [0.2, 0.25) is 0 Å². The Hall–Kier alpha value is -4.92. The van der Waals surface area contributed by atoms with Crippen molar-refractivity contribution in [1.82, 2.24) is 29.5 Å². The van der Waals surface area contributed by atoms with Gasteiger partial charge in [-0.25, -0.2) is 14.0 Å².